The number of carbonyl (C=O) groups is 5. The Balaban J connectivity index is 2.44. The number of hydrogen-bond donors (Lipinski definition) is 1. The van der Waals surface area contributed by atoms with Crippen molar-refractivity contribution in [3.05, 3.63) is 5.21 Å². The SMILES string of the molecule is CCNCC(=O)N(C=O)C(C)(C)CCC(=O)CCCC(=O)CCC(C)(C)[N+]1([O-])CN(CC)CC1=O. The molecule has 10 nitrogen and oxygen atoms in total. The zero-order chi connectivity index (χ0) is 26.9. The molecule has 1 N–H and O–H groups in total. The van der Waals surface area contributed by atoms with E-state index in [0.717, 1.165) is 4.90 Å². The molecule has 1 saturated heterocycles. The van der Waals surface area contributed by atoms with Gasteiger partial charge >= 0.3 is 5.91 Å². The summed E-state index contributed by atoms with van der Waals surface area (Å²) in [5.41, 5.74) is -1.69. The van der Waals surface area contributed by atoms with Crippen LogP contribution in [0.4, 0.5) is 0 Å². The van der Waals surface area contributed by atoms with Gasteiger partial charge in [-0.1, -0.05) is 13.8 Å². The molecule has 0 aromatic heterocycles. The first-order valence-electron chi connectivity index (χ1n) is 12.6. The monoisotopic (exact) mass is 496 g/mol. The first kappa shape index (κ1) is 31.0. The van der Waals surface area contributed by atoms with Gasteiger partial charge in [-0.05, 0) is 47.1 Å². The van der Waals surface area contributed by atoms with Crippen LogP contribution in [0.5, 0.6) is 0 Å². The lowest BCUT2D eigenvalue weighted by atomic mass is 9.92. The Morgan fingerprint density at radius 2 is 1.63 bits per heavy atom. The molecule has 1 unspecified atom stereocenters. The first-order valence-corrected chi connectivity index (χ1v) is 12.6. The first-order chi connectivity index (χ1) is 16.2. The van der Waals surface area contributed by atoms with E-state index in [-0.39, 0.29) is 68.8 Å². The van der Waals surface area contributed by atoms with Crippen molar-refractivity contribution in [3.8, 4) is 0 Å². The van der Waals surface area contributed by atoms with Gasteiger partial charge in [0.1, 0.15) is 30.3 Å². The topological polar surface area (TPSA) is 127 Å². The van der Waals surface area contributed by atoms with Gasteiger partial charge in [0.15, 0.2) is 0 Å². The fourth-order valence-electron chi connectivity index (χ4n) is 4.24. The lowest BCUT2D eigenvalue weighted by Crippen LogP contribution is -2.59. The van der Waals surface area contributed by atoms with Gasteiger partial charge in [-0.2, -0.15) is 0 Å². The summed E-state index contributed by atoms with van der Waals surface area (Å²) in [5, 5.41) is 16.1. The van der Waals surface area contributed by atoms with Gasteiger partial charge in [0, 0.05) is 44.2 Å². The third-order valence-electron chi connectivity index (χ3n) is 7.08. The molecule has 0 spiro atoms. The highest BCUT2D eigenvalue weighted by atomic mass is 16.6. The fourth-order valence-corrected chi connectivity index (χ4v) is 4.24. The second-order valence-electron chi connectivity index (χ2n) is 10.6. The van der Waals surface area contributed by atoms with Crippen LogP contribution in [0.25, 0.3) is 0 Å². The molecular weight excluding hydrogens is 452 g/mol. The fraction of sp³-hybridized carbons (Fsp3) is 0.800. The van der Waals surface area contributed by atoms with E-state index in [4.69, 9.17) is 0 Å². The van der Waals surface area contributed by atoms with E-state index in [9.17, 15) is 29.2 Å². The number of Topliss-reactive ketones (excluding diaryl/α,β-unsaturated/α-hetero) is 2. The van der Waals surface area contributed by atoms with E-state index < -0.39 is 15.7 Å². The smallest absolute Gasteiger partial charge is 0.329 e. The van der Waals surface area contributed by atoms with E-state index in [2.05, 4.69) is 5.32 Å². The number of nitrogens with zero attached hydrogens (tertiary/aromatic N) is 3. The summed E-state index contributed by atoms with van der Waals surface area (Å²) in [6.45, 7) is 12.3. The van der Waals surface area contributed by atoms with Gasteiger partial charge in [-0.25, -0.2) is 9.69 Å². The molecule has 1 heterocycles. The van der Waals surface area contributed by atoms with Crippen LogP contribution >= 0.6 is 0 Å². The maximum atomic E-state index is 13.2. The lowest BCUT2D eigenvalue weighted by Gasteiger charge is -2.48. The average molecular weight is 497 g/mol. The third kappa shape index (κ3) is 8.56. The number of imide groups is 1. The molecule has 0 radical (unpaired) electrons. The molecule has 0 bridgehead atoms. The Hall–Kier alpha value is -2.01. The number of carbonyl (C=O) groups excluding carboxylic acids is 5. The molecule has 0 saturated carbocycles. The summed E-state index contributed by atoms with van der Waals surface area (Å²) >= 11 is 0. The molecule has 1 aliphatic rings. The number of hydrogen-bond acceptors (Lipinski definition) is 8. The molecule has 3 amide bonds. The van der Waals surface area contributed by atoms with Gasteiger partial charge < -0.3 is 10.5 Å². The van der Waals surface area contributed by atoms with Gasteiger partial charge in [-0.15, -0.1) is 0 Å². The second-order valence-corrected chi connectivity index (χ2v) is 10.6. The quantitative estimate of drug-likeness (QED) is 0.184. The Labute approximate surface area is 209 Å². The van der Waals surface area contributed by atoms with Crippen molar-refractivity contribution in [2.45, 2.75) is 97.6 Å². The van der Waals surface area contributed by atoms with Crippen molar-refractivity contribution in [1.29, 1.82) is 0 Å². The highest BCUT2D eigenvalue weighted by Gasteiger charge is 2.48. The highest BCUT2D eigenvalue weighted by molar-refractivity contribution is 5.88. The summed E-state index contributed by atoms with van der Waals surface area (Å²) in [5.74, 6) is -0.761. The summed E-state index contributed by atoms with van der Waals surface area (Å²) in [6.07, 6.45) is 2.45. The van der Waals surface area contributed by atoms with Gasteiger partial charge in [0.05, 0.1) is 6.54 Å². The van der Waals surface area contributed by atoms with Gasteiger partial charge in [0.25, 0.3) is 0 Å². The molecule has 1 fully saturated rings. The highest BCUT2D eigenvalue weighted by Crippen LogP contribution is 2.33. The van der Waals surface area contributed by atoms with Crippen molar-refractivity contribution in [2.75, 3.05) is 32.8 Å². The van der Waals surface area contributed by atoms with Gasteiger partial charge in [-0.3, -0.25) is 28.7 Å². The Morgan fingerprint density at radius 1 is 1.06 bits per heavy atom. The van der Waals surface area contributed by atoms with Crippen LogP contribution in [0, 0.1) is 5.21 Å². The number of hydroxylamine groups is 3. The summed E-state index contributed by atoms with van der Waals surface area (Å²) in [6, 6.07) is 0. The Bertz CT molecular complexity index is 782. The molecule has 0 aromatic rings. The number of likely N-dealkylation sites (N-methyl/N-ethyl adjacent to an activating group) is 2. The number of quaternary nitrogens is 1. The van der Waals surface area contributed by atoms with Crippen molar-refractivity contribution in [3.63, 3.8) is 0 Å². The Kier molecular flexibility index (Phi) is 11.8. The van der Waals surface area contributed by atoms with Crippen LogP contribution in [0.3, 0.4) is 0 Å². The van der Waals surface area contributed by atoms with Crippen molar-refractivity contribution >= 4 is 29.8 Å². The molecule has 10 heteroatoms. The lowest BCUT2D eigenvalue weighted by molar-refractivity contribution is -0.855. The average Bonchev–Trinajstić information content (AvgIpc) is 3.10. The zero-order valence-electron chi connectivity index (χ0n) is 22.4. The number of rotatable bonds is 17. The number of nitrogens with one attached hydrogen (secondary N) is 1. The molecule has 0 aromatic carbocycles. The minimum atomic E-state index is -0.933. The molecule has 0 aliphatic carbocycles. The predicted octanol–water partition coefficient (Wildman–Crippen LogP) is 2.14. The second kappa shape index (κ2) is 13.3. The minimum Gasteiger partial charge on any atom is -0.624 e. The number of amides is 3. The minimum absolute atomic E-state index is 0.0254. The molecule has 35 heavy (non-hydrogen) atoms. The maximum absolute atomic E-state index is 13.2. The van der Waals surface area contributed by atoms with Crippen LogP contribution < -0.4 is 5.32 Å². The van der Waals surface area contributed by atoms with E-state index in [1.165, 1.54) is 0 Å². The van der Waals surface area contributed by atoms with E-state index in [0.29, 0.717) is 38.8 Å². The normalized spacial score (nSPS) is 19.1. The summed E-state index contributed by atoms with van der Waals surface area (Å²) < 4.78 is -0.933. The van der Waals surface area contributed by atoms with Crippen LogP contribution in [0.1, 0.15) is 86.5 Å². The zero-order valence-corrected chi connectivity index (χ0v) is 22.4. The largest absolute Gasteiger partial charge is 0.624 e. The molecule has 1 atom stereocenters. The van der Waals surface area contributed by atoms with Crippen molar-refractivity contribution in [2.24, 2.45) is 0 Å². The van der Waals surface area contributed by atoms with Crippen LogP contribution in [-0.2, 0) is 24.0 Å². The van der Waals surface area contributed by atoms with Crippen molar-refractivity contribution < 1.29 is 28.6 Å². The van der Waals surface area contributed by atoms with E-state index in [1.807, 2.05) is 18.7 Å². The van der Waals surface area contributed by atoms with E-state index in [1.54, 1.807) is 27.7 Å². The van der Waals surface area contributed by atoms with Crippen molar-refractivity contribution in [1.82, 2.24) is 15.1 Å². The predicted molar refractivity (Wildman–Crippen MR) is 133 cm³/mol. The van der Waals surface area contributed by atoms with E-state index >= 15 is 0 Å². The van der Waals surface area contributed by atoms with Crippen LogP contribution in [-0.4, -0.2) is 88.2 Å². The van der Waals surface area contributed by atoms with Crippen LogP contribution in [0.2, 0.25) is 0 Å². The molecule has 1 rings (SSSR count). The standard InChI is InChI=1S/C25H44N4O6/c1-7-26-16-22(33)28(19-30)24(3,4)14-12-20(31)10-9-11-21(32)13-15-25(5,6)29(35)18-27(8-2)17-23(29)34/h19,26H,7-18H2,1-6H3. The molecular formula is C25H44N4O6. The Morgan fingerprint density at radius 3 is 2.11 bits per heavy atom. The maximum Gasteiger partial charge on any atom is 0.329 e. The molecule has 200 valence electrons. The summed E-state index contributed by atoms with van der Waals surface area (Å²) in [4.78, 5) is 63.7. The van der Waals surface area contributed by atoms with Crippen LogP contribution in [0.15, 0.2) is 0 Å². The molecule has 1 aliphatic heterocycles. The number of ketones is 2. The third-order valence-corrected chi connectivity index (χ3v) is 7.08. The van der Waals surface area contributed by atoms with Gasteiger partial charge in [0.2, 0.25) is 12.3 Å². The summed E-state index contributed by atoms with van der Waals surface area (Å²) in [7, 11) is 0.